The van der Waals surface area contributed by atoms with Crippen LogP contribution in [0, 0.1) is 0 Å². The minimum absolute atomic E-state index is 0.266. The van der Waals surface area contributed by atoms with E-state index in [0.29, 0.717) is 0 Å². The molecule has 1 fully saturated rings. The molecule has 1 aromatic heterocycles. The normalized spacial score (nSPS) is 23.9. The lowest BCUT2D eigenvalue weighted by Crippen LogP contribution is -2.44. The molecule has 0 radical (unpaired) electrons. The van der Waals surface area contributed by atoms with Crippen molar-refractivity contribution in [1.29, 1.82) is 0 Å². The molecule has 1 aliphatic rings. The monoisotopic (exact) mass is 272 g/mol. The largest absolute Gasteiger partial charge is 0.439 e. The zero-order valence-corrected chi connectivity index (χ0v) is 12.0. The third kappa shape index (κ3) is 3.08. The minimum atomic E-state index is 0.266. The molecule has 0 aliphatic carbocycles. The lowest BCUT2D eigenvalue weighted by Gasteiger charge is -2.34. The van der Waals surface area contributed by atoms with E-state index in [1.165, 1.54) is 0 Å². The Morgan fingerprint density at radius 1 is 1.15 bits per heavy atom. The van der Waals surface area contributed by atoms with Crippen LogP contribution < -0.4 is 0 Å². The highest BCUT2D eigenvalue weighted by Crippen LogP contribution is 2.21. The van der Waals surface area contributed by atoms with Crippen molar-refractivity contribution >= 4 is 0 Å². The van der Waals surface area contributed by atoms with Gasteiger partial charge in [-0.15, -0.1) is 0 Å². The van der Waals surface area contributed by atoms with Gasteiger partial charge in [-0.05, 0) is 13.8 Å². The minimum Gasteiger partial charge on any atom is -0.439 e. The van der Waals surface area contributed by atoms with Gasteiger partial charge < -0.3 is 9.15 Å². The molecule has 1 aromatic carbocycles. The van der Waals surface area contributed by atoms with Crippen LogP contribution >= 0.6 is 0 Å². The van der Waals surface area contributed by atoms with E-state index in [9.17, 15) is 0 Å². The van der Waals surface area contributed by atoms with Gasteiger partial charge in [0.15, 0.2) is 5.76 Å². The first-order valence-corrected chi connectivity index (χ1v) is 7.08. The van der Waals surface area contributed by atoms with Gasteiger partial charge in [-0.2, -0.15) is 0 Å². The van der Waals surface area contributed by atoms with E-state index >= 15 is 0 Å². The second kappa shape index (κ2) is 5.77. The highest BCUT2D eigenvalue weighted by molar-refractivity contribution is 5.55. The summed E-state index contributed by atoms with van der Waals surface area (Å²) in [6.07, 6.45) is 2.34. The van der Waals surface area contributed by atoms with E-state index in [2.05, 4.69) is 23.7 Å². The third-order valence-corrected chi connectivity index (χ3v) is 3.47. The van der Waals surface area contributed by atoms with E-state index in [-0.39, 0.29) is 12.2 Å². The van der Waals surface area contributed by atoms with Gasteiger partial charge in [-0.3, -0.25) is 4.90 Å². The number of hydrogen-bond acceptors (Lipinski definition) is 4. The van der Waals surface area contributed by atoms with Gasteiger partial charge in [0, 0.05) is 18.7 Å². The van der Waals surface area contributed by atoms with Gasteiger partial charge >= 0.3 is 0 Å². The summed E-state index contributed by atoms with van der Waals surface area (Å²) in [5.41, 5.74) is 1.06. The summed E-state index contributed by atoms with van der Waals surface area (Å²) in [6.45, 7) is 6.80. The van der Waals surface area contributed by atoms with Crippen LogP contribution in [0.2, 0.25) is 0 Å². The molecule has 1 aliphatic heterocycles. The maximum atomic E-state index is 5.85. The van der Waals surface area contributed by atoms with Crippen LogP contribution in [0.1, 0.15) is 19.7 Å². The molecule has 4 nitrogen and oxygen atoms in total. The van der Waals surface area contributed by atoms with E-state index in [1.807, 2.05) is 30.3 Å². The van der Waals surface area contributed by atoms with Crippen LogP contribution in [-0.2, 0) is 11.3 Å². The molecule has 2 atom stereocenters. The second-order valence-electron chi connectivity index (χ2n) is 5.44. The average Bonchev–Trinajstić information content (AvgIpc) is 2.87. The summed E-state index contributed by atoms with van der Waals surface area (Å²) in [4.78, 5) is 6.72. The molecular formula is C16H20N2O2. The fraction of sp³-hybridized carbons (Fsp3) is 0.438. The van der Waals surface area contributed by atoms with Crippen LogP contribution in [0.5, 0.6) is 0 Å². The lowest BCUT2D eigenvalue weighted by atomic mass is 10.2. The number of morpholine rings is 1. The first-order valence-electron chi connectivity index (χ1n) is 7.08. The number of nitrogens with zero attached hydrogens (tertiary/aromatic N) is 2. The summed E-state index contributed by atoms with van der Waals surface area (Å²) < 4.78 is 11.6. The van der Waals surface area contributed by atoms with Gasteiger partial charge in [0.1, 0.15) is 0 Å². The molecule has 0 bridgehead atoms. The highest BCUT2D eigenvalue weighted by atomic mass is 16.5. The van der Waals surface area contributed by atoms with Crippen LogP contribution in [-0.4, -0.2) is 35.2 Å². The van der Waals surface area contributed by atoms with Crippen molar-refractivity contribution in [2.24, 2.45) is 0 Å². The van der Waals surface area contributed by atoms with Gasteiger partial charge in [0.05, 0.1) is 24.9 Å². The predicted octanol–water partition coefficient (Wildman–Crippen LogP) is 2.95. The number of aromatic nitrogens is 1. The lowest BCUT2D eigenvalue weighted by molar-refractivity contribution is -0.0721. The van der Waals surface area contributed by atoms with Crippen molar-refractivity contribution in [3.63, 3.8) is 0 Å². The molecule has 0 amide bonds. The van der Waals surface area contributed by atoms with Gasteiger partial charge in [0.25, 0.3) is 0 Å². The van der Waals surface area contributed by atoms with E-state index < -0.39 is 0 Å². The fourth-order valence-electron chi connectivity index (χ4n) is 2.72. The molecule has 2 aromatic rings. The fourth-order valence-corrected chi connectivity index (χ4v) is 2.72. The quantitative estimate of drug-likeness (QED) is 0.861. The Kier molecular flexibility index (Phi) is 3.85. The maximum absolute atomic E-state index is 5.85. The molecule has 2 heterocycles. The Bertz CT molecular complexity index is 543. The average molecular weight is 272 g/mol. The second-order valence-corrected chi connectivity index (χ2v) is 5.44. The van der Waals surface area contributed by atoms with Crippen molar-refractivity contribution in [3.8, 4) is 11.3 Å². The van der Waals surface area contributed by atoms with E-state index in [0.717, 1.165) is 36.8 Å². The first kappa shape index (κ1) is 13.3. The van der Waals surface area contributed by atoms with Crippen LogP contribution in [0.4, 0.5) is 0 Å². The molecular weight excluding hydrogens is 252 g/mol. The maximum Gasteiger partial charge on any atom is 0.209 e. The number of hydrogen-bond donors (Lipinski definition) is 0. The number of oxazole rings is 1. The molecule has 20 heavy (non-hydrogen) atoms. The Labute approximate surface area is 119 Å². The van der Waals surface area contributed by atoms with Crippen molar-refractivity contribution in [3.05, 3.63) is 42.4 Å². The molecule has 106 valence electrons. The van der Waals surface area contributed by atoms with Crippen LogP contribution in [0.25, 0.3) is 11.3 Å². The molecule has 3 rings (SSSR count). The standard InChI is InChI=1S/C16H20N2O2/c1-12-9-18(10-13(2)19-12)11-16-17-8-15(20-16)14-6-4-3-5-7-14/h3-8,12-13H,9-11H2,1-2H3/t12-,13-/m0/s1. The summed E-state index contributed by atoms with van der Waals surface area (Å²) in [5.74, 6) is 1.60. The molecule has 0 N–H and O–H groups in total. The SMILES string of the molecule is C[C@H]1CN(Cc2ncc(-c3ccccc3)o2)C[C@H](C)O1. The molecule has 1 saturated heterocycles. The molecule has 0 unspecified atom stereocenters. The topological polar surface area (TPSA) is 38.5 Å². The Balaban J connectivity index is 1.68. The van der Waals surface area contributed by atoms with Gasteiger partial charge in [0.2, 0.25) is 5.89 Å². The van der Waals surface area contributed by atoms with Crippen LogP contribution in [0.3, 0.4) is 0 Å². The van der Waals surface area contributed by atoms with Crippen molar-refractivity contribution in [2.45, 2.75) is 32.6 Å². The zero-order valence-electron chi connectivity index (χ0n) is 12.0. The van der Waals surface area contributed by atoms with Crippen molar-refractivity contribution < 1.29 is 9.15 Å². The summed E-state index contributed by atoms with van der Waals surface area (Å²) in [7, 11) is 0. The summed E-state index contributed by atoms with van der Waals surface area (Å²) in [5, 5.41) is 0. The van der Waals surface area contributed by atoms with Crippen molar-refractivity contribution in [2.75, 3.05) is 13.1 Å². The van der Waals surface area contributed by atoms with Gasteiger partial charge in [-0.1, -0.05) is 30.3 Å². The van der Waals surface area contributed by atoms with E-state index in [1.54, 1.807) is 6.20 Å². The van der Waals surface area contributed by atoms with Crippen molar-refractivity contribution in [1.82, 2.24) is 9.88 Å². The first-order chi connectivity index (χ1) is 9.70. The third-order valence-electron chi connectivity index (χ3n) is 3.47. The van der Waals surface area contributed by atoms with Crippen LogP contribution in [0.15, 0.2) is 40.9 Å². The zero-order chi connectivity index (χ0) is 13.9. The highest BCUT2D eigenvalue weighted by Gasteiger charge is 2.23. The Morgan fingerprint density at radius 2 is 1.85 bits per heavy atom. The number of rotatable bonds is 3. The number of benzene rings is 1. The molecule has 4 heteroatoms. The Morgan fingerprint density at radius 3 is 2.55 bits per heavy atom. The molecule has 0 spiro atoms. The van der Waals surface area contributed by atoms with E-state index in [4.69, 9.17) is 9.15 Å². The molecule has 0 saturated carbocycles. The summed E-state index contributed by atoms with van der Waals surface area (Å²) in [6, 6.07) is 10.1. The summed E-state index contributed by atoms with van der Waals surface area (Å²) >= 11 is 0. The predicted molar refractivity (Wildman–Crippen MR) is 77.2 cm³/mol. The van der Waals surface area contributed by atoms with Gasteiger partial charge in [-0.25, -0.2) is 4.98 Å². The smallest absolute Gasteiger partial charge is 0.209 e. The Hall–Kier alpha value is -1.65. The number of ether oxygens (including phenoxy) is 1.